The Bertz CT molecular complexity index is 2370. The highest BCUT2D eigenvalue weighted by atomic mass is 28.4. The topological polar surface area (TPSA) is 123 Å². The number of aromatic nitrogens is 1. The lowest BCUT2D eigenvalue weighted by molar-refractivity contribution is -0.144. The lowest BCUT2D eigenvalue weighted by Crippen LogP contribution is -2.66. The van der Waals surface area contributed by atoms with E-state index in [2.05, 4.69) is 67.1 Å². The minimum atomic E-state index is -3.08. The number of phenols is 1. The van der Waals surface area contributed by atoms with Gasteiger partial charge in [-0.3, -0.25) is 24.4 Å². The molecule has 4 atom stereocenters. The van der Waals surface area contributed by atoms with Crippen LogP contribution in [0, 0.1) is 17.8 Å². The number of aliphatic hydroxyl groups is 2. The van der Waals surface area contributed by atoms with E-state index in [4.69, 9.17) is 4.43 Å². The smallest absolute Gasteiger partial charge is 0.261 e. The van der Waals surface area contributed by atoms with Crippen LogP contribution in [0.4, 0.5) is 0 Å². The maximum Gasteiger partial charge on any atom is 0.261 e. The number of benzene rings is 4. The van der Waals surface area contributed by atoms with Crippen LogP contribution in [0.25, 0.3) is 11.6 Å². The van der Waals surface area contributed by atoms with E-state index in [1.54, 1.807) is 18.3 Å². The van der Waals surface area contributed by atoms with Crippen LogP contribution < -0.4 is 10.4 Å². The van der Waals surface area contributed by atoms with Gasteiger partial charge in [0.1, 0.15) is 5.75 Å². The monoisotopic (exact) mass is 875 g/mol. The Balaban J connectivity index is 1.14. The molecule has 0 unspecified atom stereocenters. The molecule has 3 heterocycles. The molecular weight excluding hydrogens is 815 g/mol. The number of aliphatic hydroxyl groups excluding tert-OH is 2. The van der Waals surface area contributed by atoms with Crippen LogP contribution in [0.3, 0.4) is 0 Å². The Labute approximate surface area is 378 Å². The molecule has 2 fully saturated rings. The number of hydrogen-bond donors (Lipinski definition) is 3. The minimum Gasteiger partial charge on any atom is -0.508 e. The standard InChI is InChI=1S/C54H61N3O6Si/c1-54(2,3)64(44-17-9-5-10-18-44,45-19-11-6-12-20-45)63-37-41-34-46-51(53(62)57(52(46)61)42-28-31-56(32-29-42)35-39-15-7-4-8-16-39)47(36-58)50(41)49(60)27-24-40(48-21-13-14-30-55-48)33-38-22-25-43(59)26-23-38/h4-23,25-26,30,33,42,46-47,49,51,58-60H,24,27-29,31-32,34-37H2,1-3H3/b40-33-/t46-,47+,49-,51-/m1/s1. The van der Waals surface area contributed by atoms with E-state index in [1.165, 1.54) is 10.5 Å². The van der Waals surface area contributed by atoms with Crippen LogP contribution in [0.1, 0.15) is 69.7 Å². The largest absolute Gasteiger partial charge is 0.508 e. The van der Waals surface area contributed by atoms with Gasteiger partial charge in [0, 0.05) is 37.8 Å². The molecule has 2 saturated heterocycles. The van der Waals surface area contributed by atoms with Crippen molar-refractivity contribution in [2.75, 3.05) is 26.3 Å². The molecule has 0 radical (unpaired) electrons. The number of allylic oxidation sites excluding steroid dienone is 1. The summed E-state index contributed by atoms with van der Waals surface area (Å²) in [5.41, 5.74) is 5.15. The lowest BCUT2D eigenvalue weighted by Gasteiger charge is -2.44. The first-order valence-corrected chi connectivity index (χ1v) is 24.7. The third kappa shape index (κ3) is 9.34. The fraction of sp³-hybridized carbons (Fsp3) is 0.352. The van der Waals surface area contributed by atoms with E-state index in [0.29, 0.717) is 24.8 Å². The SMILES string of the molecule is CC(C)(C)[Si](OCC1=C([C@H](O)CC/C(=C/c2ccc(O)cc2)c2ccccn2)[C@H](CO)[C@@H]2C(=O)N(C3CCN(Cc4ccccc4)CC3)C(=O)[C@@H]2C1)(c1ccccc1)c1ccccc1. The van der Waals surface area contributed by atoms with Gasteiger partial charge in [0.05, 0.1) is 36.8 Å². The van der Waals surface area contributed by atoms with E-state index in [-0.39, 0.29) is 48.1 Å². The van der Waals surface area contributed by atoms with Crippen LogP contribution >= 0.6 is 0 Å². The van der Waals surface area contributed by atoms with E-state index in [0.717, 1.165) is 52.4 Å². The molecule has 3 aliphatic rings. The van der Waals surface area contributed by atoms with Crippen molar-refractivity contribution in [2.24, 2.45) is 17.8 Å². The lowest BCUT2D eigenvalue weighted by atomic mass is 9.68. The van der Waals surface area contributed by atoms with E-state index in [1.807, 2.05) is 91.0 Å². The molecule has 10 heteroatoms. The summed E-state index contributed by atoms with van der Waals surface area (Å²) in [5.74, 6) is -2.48. The van der Waals surface area contributed by atoms with Crippen LogP contribution in [0.2, 0.25) is 5.04 Å². The van der Waals surface area contributed by atoms with Gasteiger partial charge < -0.3 is 19.7 Å². The number of nitrogens with zero attached hydrogens (tertiary/aromatic N) is 3. The number of phenolic OH excluding ortho intramolecular Hbond substituents is 1. The van der Waals surface area contributed by atoms with Crippen molar-refractivity contribution < 1.29 is 29.3 Å². The zero-order chi connectivity index (χ0) is 44.8. The fourth-order valence-electron chi connectivity index (χ4n) is 10.7. The first kappa shape index (κ1) is 45.1. The predicted molar refractivity (Wildman–Crippen MR) is 255 cm³/mol. The molecule has 8 rings (SSSR count). The fourth-order valence-corrected chi connectivity index (χ4v) is 15.2. The van der Waals surface area contributed by atoms with Crippen molar-refractivity contribution in [1.82, 2.24) is 14.8 Å². The first-order valence-electron chi connectivity index (χ1n) is 22.8. The molecule has 4 aromatic carbocycles. The van der Waals surface area contributed by atoms with Gasteiger partial charge in [-0.25, -0.2) is 0 Å². The highest BCUT2D eigenvalue weighted by molar-refractivity contribution is 6.99. The summed E-state index contributed by atoms with van der Waals surface area (Å²) in [5, 5.41) is 35.9. The summed E-state index contributed by atoms with van der Waals surface area (Å²) >= 11 is 0. The molecule has 64 heavy (non-hydrogen) atoms. The molecule has 1 aliphatic carbocycles. The van der Waals surface area contributed by atoms with Gasteiger partial charge in [0.25, 0.3) is 8.32 Å². The number of imide groups is 1. The number of hydrogen-bond acceptors (Lipinski definition) is 8. The molecular formula is C54H61N3O6Si. The maximum absolute atomic E-state index is 14.8. The number of pyridine rings is 1. The zero-order valence-corrected chi connectivity index (χ0v) is 38.2. The minimum absolute atomic E-state index is 0.134. The Morgan fingerprint density at radius 3 is 2.02 bits per heavy atom. The van der Waals surface area contributed by atoms with Gasteiger partial charge >= 0.3 is 0 Å². The van der Waals surface area contributed by atoms with Crippen molar-refractivity contribution in [3.05, 3.63) is 168 Å². The van der Waals surface area contributed by atoms with Gasteiger partial charge in [0.2, 0.25) is 11.8 Å². The Morgan fingerprint density at radius 1 is 0.828 bits per heavy atom. The molecule has 9 nitrogen and oxygen atoms in total. The van der Waals surface area contributed by atoms with E-state index in [9.17, 15) is 24.9 Å². The summed E-state index contributed by atoms with van der Waals surface area (Å²) < 4.78 is 7.51. The van der Waals surface area contributed by atoms with Crippen molar-refractivity contribution in [3.63, 3.8) is 0 Å². The average molecular weight is 876 g/mol. The number of rotatable bonds is 15. The number of aromatic hydroxyl groups is 1. The normalized spacial score (nSPS) is 20.7. The van der Waals surface area contributed by atoms with Crippen LogP contribution in [0.5, 0.6) is 5.75 Å². The molecule has 3 N–H and O–H groups in total. The third-order valence-electron chi connectivity index (χ3n) is 13.7. The molecule has 5 aromatic rings. The highest BCUT2D eigenvalue weighted by Gasteiger charge is 2.57. The first-order chi connectivity index (χ1) is 31.0. The van der Waals surface area contributed by atoms with Crippen molar-refractivity contribution in [1.29, 1.82) is 0 Å². The van der Waals surface area contributed by atoms with Crippen LogP contribution in [-0.2, 0) is 20.6 Å². The Morgan fingerprint density at radius 2 is 1.44 bits per heavy atom. The summed E-state index contributed by atoms with van der Waals surface area (Å²) in [6, 6.07) is 43.6. The summed E-state index contributed by atoms with van der Waals surface area (Å²) in [6.07, 6.45) is 5.03. The molecule has 0 spiro atoms. The number of likely N-dealkylation sites (tertiary alicyclic amines) is 2. The van der Waals surface area contributed by atoms with E-state index < -0.39 is 38.8 Å². The van der Waals surface area contributed by atoms with Gasteiger partial charge in [-0.1, -0.05) is 130 Å². The molecule has 0 saturated carbocycles. The molecule has 1 aromatic heterocycles. The second-order valence-corrected chi connectivity index (χ2v) is 23.0. The number of piperidine rings is 1. The highest BCUT2D eigenvalue weighted by Crippen LogP contribution is 2.48. The van der Waals surface area contributed by atoms with Crippen molar-refractivity contribution in [2.45, 2.75) is 76.6 Å². The Kier molecular flexibility index (Phi) is 13.9. The Hall–Kier alpha value is -5.49. The number of carbonyl (C=O) groups is 2. The summed E-state index contributed by atoms with van der Waals surface area (Å²) in [6.45, 7) is 8.76. The zero-order valence-electron chi connectivity index (χ0n) is 37.2. The van der Waals surface area contributed by atoms with Gasteiger partial charge in [-0.15, -0.1) is 0 Å². The van der Waals surface area contributed by atoms with Gasteiger partial charge in [0.15, 0.2) is 0 Å². The van der Waals surface area contributed by atoms with E-state index >= 15 is 0 Å². The molecule has 332 valence electrons. The number of amides is 2. The maximum atomic E-state index is 14.8. The van der Waals surface area contributed by atoms with Gasteiger partial charge in [-0.2, -0.15) is 0 Å². The molecule has 0 bridgehead atoms. The quantitative estimate of drug-likeness (QED) is 0.0558. The van der Waals surface area contributed by atoms with Crippen LogP contribution in [0.15, 0.2) is 151 Å². The summed E-state index contributed by atoms with van der Waals surface area (Å²) in [4.78, 5) is 38.1. The summed E-state index contributed by atoms with van der Waals surface area (Å²) in [7, 11) is -3.08. The molecule has 2 amide bonds. The van der Waals surface area contributed by atoms with Crippen LogP contribution in [-0.4, -0.2) is 88.7 Å². The predicted octanol–water partition coefficient (Wildman–Crippen LogP) is 7.62. The van der Waals surface area contributed by atoms with Gasteiger partial charge in [-0.05, 0) is 106 Å². The number of carbonyl (C=O) groups excluding carboxylic acids is 2. The second kappa shape index (κ2) is 19.7. The van der Waals surface area contributed by atoms with Crippen molar-refractivity contribution in [3.8, 4) is 5.75 Å². The third-order valence-corrected chi connectivity index (χ3v) is 18.7. The second-order valence-electron chi connectivity index (χ2n) is 18.7. The molecule has 2 aliphatic heterocycles. The average Bonchev–Trinajstić information content (AvgIpc) is 3.57. The number of fused-ring (bicyclic) bond motifs is 1. The van der Waals surface area contributed by atoms with Crippen molar-refractivity contribution >= 4 is 42.2 Å².